The summed E-state index contributed by atoms with van der Waals surface area (Å²) in [5.41, 5.74) is -0.712. The van der Waals surface area contributed by atoms with Gasteiger partial charge in [0.25, 0.3) is 0 Å². The number of alkyl halides is 3. The van der Waals surface area contributed by atoms with E-state index in [-0.39, 0.29) is 24.6 Å². The first-order chi connectivity index (χ1) is 15.0. The van der Waals surface area contributed by atoms with E-state index in [0.717, 1.165) is 12.1 Å². The van der Waals surface area contributed by atoms with E-state index in [1.54, 1.807) is 6.92 Å². The third-order valence-electron chi connectivity index (χ3n) is 4.88. The molecule has 0 bridgehead atoms. The van der Waals surface area contributed by atoms with Crippen LogP contribution in [-0.4, -0.2) is 24.5 Å². The molecule has 2 aromatic rings. The van der Waals surface area contributed by atoms with Gasteiger partial charge in [-0.3, -0.25) is 9.59 Å². The minimum absolute atomic E-state index is 0.0455. The Bertz CT molecular complexity index is 1090. The summed E-state index contributed by atoms with van der Waals surface area (Å²) < 4.78 is 60.4. The number of allylic oxidation sites excluding steroid dienone is 2. The number of rotatable bonds is 6. The largest absolute Gasteiger partial charge is 0.493 e. The quantitative estimate of drug-likeness (QED) is 0.237. The SMILES string of the molecule is CCC(=O)NCc1ccc(C(=O)/C=C(/c2cc(Cl)c(F)c(Cl)c2)C(F)(F)F)c2c1OCC2. The van der Waals surface area contributed by atoms with E-state index in [1.165, 1.54) is 12.1 Å². The van der Waals surface area contributed by atoms with E-state index in [1.807, 2.05) is 0 Å². The van der Waals surface area contributed by atoms with Crippen molar-refractivity contribution in [1.82, 2.24) is 5.32 Å². The summed E-state index contributed by atoms with van der Waals surface area (Å²) in [6, 6.07) is 4.46. The molecule has 1 aliphatic heterocycles. The second kappa shape index (κ2) is 9.50. The van der Waals surface area contributed by atoms with Gasteiger partial charge in [-0.1, -0.05) is 42.3 Å². The first kappa shape index (κ1) is 24.1. The zero-order valence-corrected chi connectivity index (χ0v) is 18.2. The molecule has 0 unspecified atom stereocenters. The van der Waals surface area contributed by atoms with Gasteiger partial charge < -0.3 is 10.1 Å². The Balaban J connectivity index is 2.01. The normalized spacial score (nSPS) is 13.5. The van der Waals surface area contributed by atoms with Crippen molar-refractivity contribution in [2.24, 2.45) is 0 Å². The maximum absolute atomic E-state index is 13.7. The molecule has 0 fully saturated rings. The zero-order valence-electron chi connectivity index (χ0n) is 16.7. The number of benzene rings is 2. The van der Waals surface area contributed by atoms with E-state index in [9.17, 15) is 27.2 Å². The van der Waals surface area contributed by atoms with Crippen LogP contribution in [0.5, 0.6) is 5.75 Å². The van der Waals surface area contributed by atoms with Crippen molar-refractivity contribution >= 4 is 40.5 Å². The fourth-order valence-corrected chi connectivity index (χ4v) is 3.78. The standard InChI is InChI=1S/C22H17Cl2F4NO3/c1-2-19(31)29-10-11-3-4-13(14-5-6-32-21(11)14)18(30)9-15(22(26,27)28)12-7-16(23)20(25)17(24)8-12/h3-4,7-9H,2,5-6,10H2,1H3,(H,29,31)/b15-9-. The molecule has 0 aliphatic carbocycles. The number of carbonyl (C=O) groups excluding carboxylic acids is 2. The van der Waals surface area contributed by atoms with Crippen LogP contribution in [-0.2, 0) is 17.8 Å². The van der Waals surface area contributed by atoms with Gasteiger partial charge in [0.05, 0.1) is 22.2 Å². The maximum atomic E-state index is 13.7. The highest BCUT2D eigenvalue weighted by Gasteiger charge is 2.36. The average Bonchev–Trinajstić information content (AvgIpc) is 3.22. The number of hydrogen-bond donors (Lipinski definition) is 1. The van der Waals surface area contributed by atoms with Crippen LogP contribution in [0.4, 0.5) is 17.6 Å². The Kier molecular flexibility index (Phi) is 7.15. The first-order valence-corrected chi connectivity index (χ1v) is 10.3. The molecule has 3 rings (SSSR count). The minimum Gasteiger partial charge on any atom is -0.493 e. The fourth-order valence-electron chi connectivity index (χ4n) is 3.30. The number of amides is 1. The van der Waals surface area contributed by atoms with Gasteiger partial charge in [0, 0.05) is 36.1 Å². The van der Waals surface area contributed by atoms with Gasteiger partial charge in [-0.05, 0) is 23.8 Å². The lowest BCUT2D eigenvalue weighted by Crippen LogP contribution is -2.21. The topological polar surface area (TPSA) is 55.4 Å². The number of carbonyl (C=O) groups is 2. The molecule has 1 aliphatic rings. The number of ether oxygens (including phenoxy) is 1. The molecular weight excluding hydrogens is 473 g/mol. The van der Waals surface area contributed by atoms with Crippen molar-refractivity contribution in [3.05, 3.63) is 68.5 Å². The molecule has 2 aromatic carbocycles. The van der Waals surface area contributed by atoms with Crippen LogP contribution in [0, 0.1) is 5.82 Å². The van der Waals surface area contributed by atoms with Crippen molar-refractivity contribution in [3.8, 4) is 5.75 Å². The predicted octanol–water partition coefficient (Wildman–Crippen LogP) is 5.92. The summed E-state index contributed by atoms with van der Waals surface area (Å²) in [5, 5.41) is 1.51. The Morgan fingerprint density at radius 3 is 2.44 bits per heavy atom. The minimum atomic E-state index is -4.93. The molecule has 32 heavy (non-hydrogen) atoms. The van der Waals surface area contributed by atoms with Gasteiger partial charge >= 0.3 is 6.18 Å². The molecule has 4 nitrogen and oxygen atoms in total. The molecule has 170 valence electrons. The highest BCUT2D eigenvalue weighted by Crippen LogP contribution is 2.39. The van der Waals surface area contributed by atoms with Crippen molar-refractivity contribution < 1.29 is 31.9 Å². The second-order valence-corrected chi connectivity index (χ2v) is 7.80. The molecule has 0 saturated heterocycles. The molecule has 10 heteroatoms. The predicted molar refractivity (Wildman–Crippen MR) is 113 cm³/mol. The number of nitrogens with one attached hydrogen (secondary N) is 1. The van der Waals surface area contributed by atoms with Crippen LogP contribution in [0.15, 0.2) is 30.3 Å². The molecule has 1 amide bonds. The summed E-state index contributed by atoms with van der Waals surface area (Å²) in [7, 11) is 0. The highest BCUT2D eigenvalue weighted by molar-refractivity contribution is 6.35. The van der Waals surface area contributed by atoms with Gasteiger partial charge in [0.15, 0.2) is 11.6 Å². The number of fused-ring (bicyclic) bond motifs is 1. The molecule has 0 aromatic heterocycles. The second-order valence-electron chi connectivity index (χ2n) is 6.98. The number of hydrogen-bond acceptors (Lipinski definition) is 3. The average molecular weight is 490 g/mol. The molecule has 0 spiro atoms. The summed E-state index contributed by atoms with van der Waals surface area (Å²) in [6.45, 7) is 2.12. The molecule has 0 radical (unpaired) electrons. The zero-order chi connectivity index (χ0) is 23.6. The third kappa shape index (κ3) is 5.07. The van der Waals surface area contributed by atoms with E-state index < -0.39 is 39.0 Å². The fraction of sp³-hybridized carbons (Fsp3) is 0.273. The lowest BCUT2D eigenvalue weighted by Gasteiger charge is -2.14. The Labute approximate surface area is 191 Å². The first-order valence-electron chi connectivity index (χ1n) is 9.55. The maximum Gasteiger partial charge on any atom is 0.417 e. The molecule has 1 N–H and O–H groups in total. The Morgan fingerprint density at radius 2 is 1.84 bits per heavy atom. The van der Waals surface area contributed by atoms with Crippen LogP contribution in [0.2, 0.25) is 10.0 Å². The number of ketones is 1. The monoisotopic (exact) mass is 489 g/mol. The summed E-state index contributed by atoms with van der Waals surface area (Å²) in [5.74, 6) is -1.75. The van der Waals surface area contributed by atoms with Gasteiger partial charge in [-0.2, -0.15) is 13.2 Å². The molecule has 1 heterocycles. The van der Waals surface area contributed by atoms with Gasteiger partial charge in [0.2, 0.25) is 5.91 Å². The van der Waals surface area contributed by atoms with Crippen LogP contribution in [0.3, 0.4) is 0 Å². The highest BCUT2D eigenvalue weighted by atomic mass is 35.5. The summed E-state index contributed by atoms with van der Waals surface area (Å²) >= 11 is 11.3. The van der Waals surface area contributed by atoms with Crippen molar-refractivity contribution in [3.63, 3.8) is 0 Å². The molecule has 0 saturated carbocycles. The van der Waals surface area contributed by atoms with Crippen LogP contribution >= 0.6 is 23.2 Å². The van der Waals surface area contributed by atoms with E-state index in [0.29, 0.717) is 35.8 Å². The van der Waals surface area contributed by atoms with Gasteiger partial charge in [-0.25, -0.2) is 4.39 Å². The lowest BCUT2D eigenvalue weighted by atomic mass is 9.95. The van der Waals surface area contributed by atoms with Crippen LogP contribution in [0.1, 0.15) is 40.4 Å². The Morgan fingerprint density at radius 1 is 1.19 bits per heavy atom. The summed E-state index contributed by atoms with van der Waals surface area (Å²) in [4.78, 5) is 24.4. The third-order valence-corrected chi connectivity index (χ3v) is 5.43. The van der Waals surface area contributed by atoms with Crippen LogP contribution < -0.4 is 10.1 Å². The molecular formula is C22H17Cl2F4NO3. The van der Waals surface area contributed by atoms with Gasteiger partial charge in [0.1, 0.15) is 5.75 Å². The van der Waals surface area contributed by atoms with Crippen molar-refractivity contribution in [2.45, 2.75) is 32.5 Å². The number of halogens is 6. The van der Waals surface area contributed by atoms with E-state index in [2.05, 4.69) is 5.32 Å². The molecule has 0 atom stereocenters. The van der Waals surface area contributed by atoms with Crippen LogP contribution in [0.25, 0.3) is 5.57 Å². The van der Waals surface area contributed by atoms with E-state index in [4.69, 9.17) is 27.9 Å². The summed E-state index contributed by atoms with van der Waals surface area (Å²) in [6.07, 6.45) is -3.87. The van der Waals surface area contributed by atoms with Crippen molar-refractivity contribution in [1.29, 1.82) is 0 Å². The van der Waals surface area contributed by atoms with Crippen molar-refractivity contribution in [2.75, 3.05) is 6.61 Å². The lowest BCUT2D eigenvalue weighted by molar-refractivity contribution is -0.120. The van der Waals surface area contributed by atoms with Gasteiger partial charge in [-0.15, -0.1) is 0 Å². The van der Waals surface area contributed by atoms with E-state index >= 15 is 0 Å². The Hall–Kier alpha value is -2.58. The smallest absolute Gasteiger partial charge is 0.417 e.